The molecule has 0 aliphatic carbocycles. The third-order valence-corrected chi connectivity index (χ3v) is 2.16. The first-order chi connectivity index (χ1) is 6.69. The molecule has 1 aromatic heterocycles. The number of nitriles is 1. The SMILES string of the molecule is N#Cc1cc(Br)cn(CCCO)c1=O. The monoisotopic (exact) mass is 256 g/mol. The molecule has 0 aromatic carbocycles. The minimum Gasteiger partial charge on any atom is -0.396 e. The average molecular weight is 257 g/mol. The number of aryl methyl sites for hydroxylation is 1. The Bertz CT molecular complexity index is 420. The van der Waals surface area contributed by atoms with Gasteiger partial charge < -0.3 is 9.67 Å². The van der Waals surface area contributed by atoms with E-state index in [0.717, 1.165) is 0 Å². The summed E-state index contributed by atoms with van der Waals surface area (Å²) in [4.78, 5) is 11.5. The molecular weight excluding hydrogens is 248 g/mol. The van der Waals surface area contributed by atoms with Crippen molar-refractivity contribution in [3.8, 4) is 6.07 Å². The van der Waals surface area contributed by atoms with Crippen LogP contribution in [0.1, 0.15) is 12.0 Å². The molecule has 74 valence electrons. The second kappa shape index (κ2) is 4.94. The molecule has 0 aliphatic rings. The Morgan fingerprint density at radius 3 is 2.93 bits per heavy atom. The smallest absolute Gasteiger partial charge is 0.268 e. The van der Waals surface area contributed by atoms with E-state index in [1.165, 1.54) is 10.6 Å². The van der Waals surface area contributed by atoms with Crippen LogP contribution in [0.25, 0.3) is 0 Å². The highest BCUT2D eigenvalue weighted by molar-refractivity contribution is 9.10. The van der Waals surface area contributed by atoms with Gasteiger partial charge in [-0.05, 0) is 28.4 Å². The summed E-state index contributed by atoms with van der Waals surface area (Å²) in [6.45, 7) is 0.449. The van der Waals surface area contributed by atoms with E-state index in [0.29, 0.717) is 17.4 Å². The number of pyridine rings is 1. The summed E-state index contributed by atoms with van der Waals surface area (Å²) in [6.07, 6.45) is 2.11. The van der Waals surface area contributed by atoms with Crippen LogP contribution in [0, 0.1) is 11.3 Å². The number of hydrogen-bond acceptors (Lipinski definition) is 3. The maximum absolute atomic E-state index is 11.5. The van der Waals surface area contributed by atoms with Crippen LogP contribution >= 0.6 is 15.9 Å². The van der Waals surface area contributed by atoms with Gasteiger partial charge >= 0.3 is 0 Å². The van der Waals surface area contributed by atoms with Crippen molar-refractivity contribution in [2.45, 2.75) is 13.0 Å². The zero-order valence-corrected chi connectivity index (χ0v) is 8.99. The topological polar surface area (TPSA) is 66.0 Å². The fourth-order valence-corrected chi connectivity index (χ4v) is 1.56. The van der Waals surface area contributed by atoms with Crippen molar-refractivity contribution in [3.05, 3.63) is 32.7 Å². The Labute approximate surface area is 89.5 Å². The number of rotatable bonds is 3. The van der Waals surface area contributed by atoms with E-state index in [2.05, 4.69) is 15.9 Å². The molecule has 5 heteroatoms. The van der Waals surface area contributed by atoms with E-state index < -0.39 is 0 Å². The molecule has 0 unspecified atom stereocenters. The van der Waals surface area contributed by atoms with Gasteiger partial charge in [0.25, 0.3) is 5.56 Å². The molecule has 0 bridgehead atoms. The van der Waals surface area contributed by atoms with Gasteiger partial charge in [0.05, 0.1) is 0 Å². The van der Waals surface area contributed by atoms with Crippen LogP contribution in [0.3, 0.4) is 0 Å². The average Bonchev–Trinajstić information content (AvgIpc) is 2.18. The van der Waals surface area contributed by atoms with Gasteiger partial charge in [0.15, 0.2) is 0 Å². The molecule has 1 N–H and O–H groups in total. The van der Waals surface area contributed by atoms with Gasteiger partial charge in [-0.25, -0.2) is 0 Å². The molecular formula is C9H9BrN2O2. The second-order valence-corrected chi connectivity index (χ2v) is 3.68. The number of aromatic nitrogens is 1. The highest BCUT2D eigenvalue weighted by atomic mass is 79.9. The summed E-state index contributed by atoms with van der Waals surface area (Å²) in [5.41, 5.74) is -0.207. The molecule has 0 saturated heterocycles. The minimum absolute atomic E-state index is 0.0286. The van der Waals surface area contributed by atoms with Gasteiger partial charge in [0.2, 0.25) is 0 Å². The van der Waals surface area contributed by atoms with Crippen molar-refractivity contribution < 1.29 is 5.11 Å². The molecule has 0 atom stereocenters. The lowest BCUT2D eigenvalue weighted by atomic mass is 10.3. The number of nitrogens with zero attached hydrogens (tertiary/aromatic N) is 2. The molecule has 1 heterocycles. The summed E-state index contributed by atoms with van der Waals surface area (Å²) in [5.74, 6) is 0. The van der Waals surface area contributed by atoms with Crippen molar-refractivity contribution in [2.24, 2.45) is 0 Å². The van der Waals surface area contributed by atoms with E-state index >= 15 is 0 Å². The van der Waals surface area contributed by atoms with E-state index in [1.807, 2.05) is 6.07 Å². The summed E-state index contributed by atoms with van der Waals surface area (Å²) in [7, 11) is 0. The fraction of sp³-hybridized carbons (Fsp3) is 0.333. The predicted molar refractivity (Wildman–Crippen MR) is 54.8 cm³/mol. The van der Waals surface area contributed by atoms with Gasteiger partial charge in [-0.15, -0.1) is 0 Å². The van der Waals surface area contributed by atoms with E-state index in [1.54, 1.807) is 6.20 Å². The number of halogens is 1. The van der Waals surface area contributed by atoms with Crippen molar-refractivity contribution in [2.75, 3.05) is 6.61 Å². The van der Waals surface area contributed by atoms with Gasteiger partial charge in [0, 0.05) is 23.8 Å². The lowest BCUT2D eigenvalue weighted by Gasteiger charge is -2.04. The van der Waals surface area contributed by atoms with Crippen LogP contribution in [-0.4, -0.2) is 16.3 Å². The normalized spacial score (nSPS) is 9.79. The molecule has 0 fully saturated rings. The first kappa shape index (κ1) is 11.0. The Hall–Kier alpha value is -1.12. The molecule has 0 aliphatic heterocycles. The minimum atomic E-state index is -0.316. The fourth-order valence-electron chi connectivity index (χ4n) is 1.09. The first-order valence-corrected chi connectivity index (χ1v) is 4.89. The summed E-state index contributed by atoms with van der Waals surface area (Å²) in [6, 6.07) is 3.31. The van der Waals surface area contributed by atoms with Crippen LogP contribution in [-0.2, 0) is 6.54 Å². The quantitative estimate of drug-likeness (QED) is 0.873. The first-order valence-electron chi connectivity index (χ1n) is 4.10. The molecule has 1 aromatic rings. The van der Waals surface area contributed by atoms with Crippen molar-refractivity contribution in [3.63, 3.8) is 0 Å². The molecule has 4 nitrogen and oxygen atoms in total. The highest BCUT2D eigenvalue weighted by Crippen LogP contribution is 2.08. The largest absolute Gasteiger partial charge is 0.396 e. The van der Waals surface area contributed by atoms with Gasteiger partial charge in [-0.2, -0.15) is 5.26 Å². The predicted octanol–water partition coefficient (Wildman–Crippen LogP) is 0.865. The molecule has 0 saturated carbocycles. The lowest BCUT2D eigenvalue weighted by molar-refractivity contribution is 0.279. The molecule has 0 amide bonds. The third-order valence-electron chi connectivity index (χ3n) is 1.73. The van der Waals surface area contributed by atoms with Crippen LogP contribution in [0.2, 0.25) is 0 Å². The lowest BCUT2D eigenvalue weighted by Crippen LogP contribution is -2.22. The zero-order valence-electron chi connectivity index (χ0n) is 7.40. The molecule has 0 spiro atoms. The zero-order chi connectivity index (χ0) is 10.6. The third kappa shape index (κ3) is 2.44. The Kier molecular flexibility index (Phi) is 3.86. The molecule has 14 heavy (non-hydrogen) atoms. The van der Waals surface area contributed by atoms with Gasteiger partial charge in [-0.1, -0.05) is 0 Å². The Balaban J connectivity index is 3.11. The van der Waals surface area contributed by atoms with Crippen LogP contribution < -0.4 is 5.56 Å². The maximum atomic E-state index is 11.5. The van der Waals surface area contributed by atoms with Crippen LogP contribution in [0.4, 0.5) is 0 Å². The van der Waals surface area contributed by atoms with E-state index in [4.69, 9.17) is 10.4 Å². The second-order valence-electron chi connectivity index (χ2n) is 2.76. The molecule has 1 rings (SSSR count). The van der Waals surface area contributed by atoms with E-state index in [-0.39, 0.29) is 17.7 Å². The summed E-state index contributed by atoms with van der Waals surface area (Å²) in [5, 5.41) is 17.3. The molecule has 0 radical (unpaired) electrons. The van der Waals surface area contributed by atoms with Crippen molar-refractivity contribution >= 4 is 15.9 Å². The number of hydrogen-bond donors (Lipinski definition) is 1. The van der Waals surface area contributed by atoms with Crippen molar-refractivity contribution in [1.82, 2.24) is 4.57 Å². The Morgan fingerprint density at radius 1 is 1.64 bits per heavy atom. The highest BCUT2D eigenvalue weighted by Gasteiger charge is 2.04. The number of aliphatic hydroxyl groups excluding tert-OH is 1. The standard InChI is InChI=1S/C9H9BrN2O2/c10-8-4-7(5-11)9(14)12(6-8)2-1-3-13/h4,6,13H,1-3H2. The summed E-state index contributed by atoms with van der Waals surface area (Å²) < 4.78 is 2.10. The summed E-state index contributed by atoms with van der Waals surface area (Å²) >= 11 is 3.21. The Morgan fingerprint density at radius 2 is 2.36 bits per heavy atom. The van der Waals surface area contributed by atoms with Gasteiger partial charge in [0.1, 0.15) is 11.6 Å². The van der Waals surface area contributed by atoms with Crippen LogP contribution in [0.15, 0.2) is 21.5 Å². The number of aliphatic hydroxyl groups is 1. The van der Waals surface area contributed by atoms with Crippen LogP contribution in [0.5, 0.6) is 0 Å². The van der Waals surface area contributed by atoms with Gasteiger partial charge in [-0.3, -0.25) is 4.79 Å². The van der Waals surface area contributed by atoms with E-state index in [9.17, 15) is 4.79 Å². The van der Waals surface area contributed by atoms with Crippen molar-refractivity contribution in [1.29, 1.82) is 5.26 Å². The maximum Gasteiger partial charge on any atom is 0.268 e.